The summed E-state index contributed by atoms with van der Waals surface area (Å²) in [7, 11) is 0. The molecule has 6 rings (SSSR count). The second-order valence-electron chi connectivity index (χ2n) is 9.81. The summed E-state index contributed by atoms with van der Waals surface area (Å²) in [6, 6.07) is 12.7. The number of carbonyl (C=O) groups is 2. The van der Waals surface area contributed by atoms with Crippen molar-refractivity contribution in [3.05, 3.63) is 75.7 Å². The lowest BCUT2D eigenvalue weighted by molar-refractivity contribution is -0.135. The maximum Gasteiger partial charge on any atom is 0.254 e. The van der Waals surface area contributed by atoms with Crippen LogP contribution in [0.25, 0.3) is 0 Å². The first-order valence-corrected chi connectivity index (χ1v) is 14.0. The number of ether oxygens (including phenoxy) is 4. The Morgan fingerprint density at radius 2 is 2.03 bits per heavy atom. The molecular formula is C29H29FN2O6S. The van der Waals surface area contributed by atoms with Gasteiger partial charge in [0.1, 0.15) is 24.7 Å². The fourth-order valence-corrected chi connectivity index (χ4v) is 6.25. The number of benzene rings is 2. The molecule has 1 aromatic heterocycles. The lowest BCUT2D eigenvalue weighted by Crippen LogP contribution is -2.49. The number of thiophene rings is 1. The largest absolute Gasteiger partial charge is 0.491 e. The van der Waals surface area contributed by atoms with E-state index in [1.165, 1.54) is 17.0 Å². The molecule has 2 aromatic carbocycles. The molecule has 3 aliphatic heterocycles. The molecule has 10 heteroatoms. The second kappa shape index (κ2) is 11.2. The average Bonchev–Trinajstić information content (AvgIpc) is 3.72. The lowest BCUT2D eigenvalue weighted by Gasteiger charge is -2.37. The van der Waals surface area contributed by atoms with Crippen molar-refractivity contribution in [3.8, 4) is 17.2 Å². The number of fused-ring (bicyclic) bond motifs is 2. The van der Waals surface area contributed by atoms with Gasteiger partial charge in [-0.15, -0.1) is 11.3 Å². The summed E-state index contributed by atoms with van der Waals surface area (Å²) in [5.41, 5.74) is 1.46. The van der Waals surface area contributed by atoms with E-state index in [9.17, 15) is 14.0 Å². The standard InChI is InChI=1S/C29H29FN2O6S/c30-20-3-1-4-21(14-20)36-17-24-23-9-12-39-27(23)8-10-32(24)28(33)16-31(15-22-5-2-11-35-22)29(34)19-6-7-25-26(13-19)38-18-37-25/h1,3-4,6-7,9,12-14,22,24H,2,5,8,10-11,15-18H2/t22-,24-/m0/s1. The molecule has 0 radical (unpaired) electrons. The molecule has 0 N–H and O–H groups in total. The third kappa shape index (κ3) is 5.58. The van der Waals surface area contributed by atoms with E-state index in [1.807, 2.05) is 11.4 Å². The highest BCUT2D eigenvalue weighted by atomic mass is 32.1. The van der Waals surface area contributed by atoms with Crippen molar-refractivity contribution >= 4 is 23.2 Å². The van der Waals surface area contributed by atoms with Crippen molar-refractivity contribution in [2.75, 3.05) is 39.6 Å². The average molecular weight is 553 g/mol. The Morgan fingerprint density at radius 3 is 2.87 bits per heavy atom. The van der Waals surface area contributed by atoms with Gasteiger partial charge < -0.3 is 28.7 Å². The Bertz CT molecular complexity index is 1360. The summed E-state index contributed by atoms with van der Waals surface area (Å²) in [5, 5.41) is 2.01. The normalized spacial score (nSPS) is 19.6. The number of amides is 2. The van der Waals surface area contributed by atoms with Gasteiger partial charge in [-0.25, -0.2) is 4.39 Å². The molecule has 1 fully saturated rings. The van der Waals surface area contributed by atoms with Crippen LogP contribution in [0.4, 0.5) is 4.39 Å². The molecule has 0 spiro atoms. The van der Waals surface area contributed by atoms with Crippen LogP contribution in [-0.2, 0) is 16.0 Å². The summed E-state index contributed by atoms with van der Waals surface area (Å²) in [6.45, 7) is 1.68. The van der Waals surface area contributed by atoms with Crippen LogP contribution in [0, 0.1) is 5.82 Å². The summed E-state index contributed by atoms with van der Waals surface area (Å²) in [4.78, 5) is 32.1. The molecular weight excluding hydrogens is 523 g/mol. The highest BCUT2D eigenvalue weighted by Crippen LogP contribution is 2.35. The summed E-state index contributed by atoms with van der Waals surface area (Å²) in [6.07, 6.45) is 2.38. The molecule has 204 valence electrons. The zero-order chi connectivity index (χ0) is 26.8. The summed E-state index contributed by atoms with van der Waals surface area (Å²) in [5.74, 6) is 0.689. The minimum Gasteiger partial charge on any atom is -0.491 e. The molecule has 3 aliphatic rings. The van der Waals surface area contributed by atoms with Crippen molar-refractivity contribution in [3.63, 3.8) is 0 Å². The first-order valence-electron chi connectivity index (χ1n) is 13.1. The zero-order valence-electron chi connectivity index (χ0n) is 21.3. The fourth-order valence-electron chi connectivity index (χ4n) is 5.33. The van der Waals surface area contributed by atoms with Gasteiger partial charge in [0.05, 0.1) is 12.1 Å². The molecule has 2 amide bonds. The van der Waals surface area contributed by atoms with Gasteiger partial charge in [0.15, 0.2) is 11.5 Å². The third-order valence-corrected chi connectivity index (χ3v) is 8.30. The predicted molar refractivity (Wildman–Crippen MR) is 142 cm³/mol. The zero-order valence-corrected chi connectivity index (χ0v) is 22.2. The van der Waals surface area contributed by atoms with Gasteiger partial charge in [0.2, 0.25) is 12.7 Å². The van der Waals surface area contributed by atoms with E-state index in [1.54, 1.807) is 51.5 Å². The van der Waals surface area contributed by atoms with Gasteiger partial charge in [-0.2, -0.15) is 0 Å². The van der Waals surface area contributed by atoms with Crippen LogP contribution < -0.4 is 14.2 Å². The molecule has 3 aromatic rings. The highest BCUT2D eigenvalue weighted by Gasteiger charge is 2.35. The monoisotopic (exact) mass is 552 g/mol. The molecule has 4 heterocycles. The molecule has 0 saturated carbocycles. The van der Waals surface area contributed by atoms with E-state index in [2.05, 4.69) is 0 Å². The minimum absolute atomic E-state index is 0.0942. The molecule has 1 saturated heterocycles. The van der Waals surface area contributed by atoms with E-state index in [4.69, 9.17) is 18.9 Å². The Balaban J connectivity index is 1.22. The number of halogens is 1. The Hall–Kier alpha value is -3.63. The molecule has 8 nitrogen and oxygen atoms in total. The van der Waals surface area contributed by atoms with Crippen LogP contribution in [0.3, 0.4) is 0 Å². The Morgan fingerprint density at radius 1 is 1.13 bits per heavy atom. The summed E-state index contributed by atoms with van der Waals surface area (Å²) < 4.78 is 36.3. The van der Waals surface area contributed by atoms with Gasteiger partial charge in [-0.3, -0.25) is 9.59 Å². The van der Waals surface area contributed by atoms with E-state index in [0.717, 1.165) is 24.8 Å². The van der Waals surface area contributed by atoms with Crippen molar-refractivity contribution < 1.29 is 32.9 Å². The molecule has 2 atom stereocenters. The maximum atomic E-state index is 13.8. The number of hydrogen-bond acceptors (Lipinski definition) is 7. The van der Waals surface area contributed by atoms with E-state index >= 15 is 0 Å². The van der Waals surface area contributed by atoms with Gasteiger partial charge in [-0.1, -0.05) is 6.07 Å². The fraction of sp³-hybridized carbons (Fsp3) is 0.379. The number of carbonyl (C=O) groups excluding carboxylic acids is 2. The van der Waals surface area contributed by atoms with E-state index < -0.39 is 0 Å². The van der Waals surface area contributed by atoms with Crippen LogP contribution in [-0.4, -0.2) is 67.4 Å². The van der Waals surface area contributed by atoms with Crippen molar-refractivity contribution in [1.29, 1.82) is 0 Å². The Kier molecular flexibility index (Phi) is 7.38. The number of hydrogen-bond donors (Lipinski definition) is 0. The van der Waals surface area contributed by atoms with Gasteiger partial charge in [0.25, 0.3) is 5.91 Å². The van der Waals surface area contributed by atoms with Crippen molar-refractivity contribution in [1.82, 2.24) is 9.80 Å². The number of rotatable bonds is 8. The van der Waals surface area contributed by atoms with Crippen molar-refractivity contribution in [2.24, 2.45) is 0 Å². The predicted octanol–water partition coefficient (Wildman–Crippen LogP) is 4.44. The smallest absolute Gasteiger partial charge is 0.254 e. The molecule has 0 bridgehead atoms. The van der Waals surface area contributed by atoms with Gasteiger partial charge in [-0.05, 0) is 66.6 Å². The van der Waals surface area contributed by atoms with Gasteiger partial charge in [0, 0.05) is 36.2 Å². The van der Waals surface area contributed by atoms with Gasteiger partial charge >= 0.3 is 0 Å². The first kappa shape index (κ1) is 25.6. The molecule has 39 heavy (non-hydrogen) atoms. The SMILES string of the molecule is O=C(c1ccc2c(c1)OCO2)N(CC(=O)N1CCc2sccc2[C@@H]1COc1cccc(F)c1)C[C@@H]1CCCO1. The number of nitrogens with zero attached hydrogens (tertiary/aromatic N) is 2. The topological polar surface area (TPSA) is 77.5 Å². The summed E-state index contributed by atoms with van der Waals surface area (Å²) >= 11 is 1.66. The van der Waals surface area contributed by atoms with E-state index in [0.29, 0.717) is 42.5 Å². The highest BCUT2D eigenvalue weighted by molar-refractivity contribution is 7.10. The lowest BCUT2D eigenvalue weighted by atomic mass is 10.00. The van der Waals surface area contributed by atoms with Crippen LogP contribution in [0.2, 0.25) is 0 Å². The van der Waals surface area contributed by atoms with Crippen LogP contribution >= 0.6 is 11.3 Å². The third-order valence-electron chi connectivity index (χ3n) is 7.30. The Labute approximate surface area is 229 Å². The van der Waals surface area contributed by atoms with Crippen LogP contribution in [0.15, 0.2) is 53.9 Å². The first-order chi connectivity index (χ1) is 19.0. The second-order valence-corrected chi connectivity index (χ2v) is 10.8. The van der Waals surface area contributed by atoms with Crippen molar-refractivity contribution in [2.45, 2.75) is 31.4 Å². The van der Waals surface area contributed by atoms with Crippen LogP contribution in [0.5, 0.6) is 17.2 Å². The van der Waals surface area contributed by atoms with E-state index in [-0.39, 0.29) is 49.7 Å². The van der Waals surface area contributed by atoms with Crippen LogP contribution in [0.1, 0.15) is 39.7 Å². The molecule has 0 aliphatic carbocycles. The minimum atomic E-state index is -0.382. The quantitative estimate of drug-likeness (QED) is 0.411. The maximum absolute atomic E-state index is 13.8. The molecule has 0 unspecified atom stereocenters.